The highest BCUT2D eigenvalue weighted by Crippen LogP contribution is 2.39. The van der Waals surface area contributed by atoms with Crippen molar-refractivity contribution in [1.29, 1.82) is 0 Å². The minimum Gasteiger partial charge on any atom is -0.548 e. The van der Waals surface area contributed by atoms with Crippen LogP contribution in [0.5, 0.6) is 0 Å². The number of carboxylic acids is 2. The van der Waals surface area contributed by atoms with Crippen LogP contribution in [0.1, 0.15) is 51.0 Å². The average molecular weight is 400 g/mol. The number of rotatable bonds is 8. The molecule has 2 aliphatic rings. The lowest BCUT2D eigenvalue weighted by atomic mass is 9.84. The number of fused-ring (bicyclic) bond motifs is 1. The first-order valence-corrected chi connectivity index (χ1v) is 10.4. The average Bonchev–Trinajstić information content (AvgIpc) is 3.10. The molecule has 1 amide bonds. The van der Waals surface area contributed by atoms with Gasteiger partial charge in [-0.25, -0.2) is 0 Å². The number of nitrogens with zero attached hydrogens (tertiary/aromatic N) is 1. The third-order valence-electron chi connectivity index (χ3n) is 6.29. The Bertz CT molecular complexity index is 738. The standard InChI is InChI=1S/C22H30N2O5/c1-14(23-17(21(26)27)12-11-15-7-3-2-4-8-15)20(25)24-18-10-6-5-9-16(18)13-19(24)22(28)29/h2-4,7-8,14,16-19,23H,5-6,9-13H2,1H3,(H,26,27)(H,28,29)/p-2/t14-,16+,17-,18-,19-/m0/s1. The van der Waals surface area contributed by atoms with E-state index >= 15 is 0 Å². The van der Waals surface area contributed by atoms with Crippen molar-refractivity contribution in [3.8, 4) is 0 Å². The number of hydrogen-bond donors (Lipinski definition) is 1. The fourth-order valence-electron chi connectivity index (χ4n) is 4.81. The second-order valence-corrected chi connectivity index (χ2v) is 8.21. The number of hydrogen-bond acceptors (Lipinski definition) is 6. The van der Waals surface area contributed by atoms with Crippen LogP contribution in [0, 0.1) is 5.92 Å². The van der Waals surface area contributed by atoms with Crippen LogP contribution in [0.15, 0.2) is 30.3 Å². The second kappa shape index (κ2) is 9.39. The van der Waals surface area contributed by atoms with Gasteiger partial charge < -0.3 is 24.7 Å². The summed E-state index contributed by atoms with van der Waals surface area (Å²) in [5.74, 6) is -2.70. The van der Waals surface area contributed by atoms with E-state index in [1.807, 2.05) is 30.3 Å². The third kappa shape index (κ3) is 4.96. The lowest BCUT2D eigenvalue weighted by molar-refractivity contribution is -0.311. The lowest BCUT2D eigenvalue weighted by Gasteiger charge is -2.37. The Labute approximate surface area is 171 Å². The molecule has 0 spiro atoms. The van der Waals surface area contributed by atoms with Crippen LogP contribution in [-0.4, -0.2) is 46.9 Å². The third-order valence-corrected chi connectivity index (χ3v) is 6.29. The zero-order valence-electron chi connectivity index (χ0n) is 16.7. The number of carbonyl (C=O) groups excluding carboxylic acids is 3. The summed E-state index contributed by atoms with van der Waals surface area (Å²) >= 11 is 0. The topological polar surface area (TPSA) is 113 Å². The Hall–Kier alpha value is -2.41. The molecule has 1 aromatic rings. The summed E-state index contributed by atoms with van der Waals surface area (Å²) in [6, 6.07) is 6.63. The lowest BCUT2D eigenvalue weighted by Crippen LogP contribution is -2.58. The van der Waals surface area contributed by atoms with Gasteiger partial charge in [-0.15, -0.1) is 0 Å². The van der Waals surface area contributed by atoms with Crippen LogP contribution in [0.2, 0.25) is 0 Å². The van der Waals surface area contributed by atoms with Gasteiger partial charge in [0.2, 0.25) is 5.91 Å². The predicted octanol–water partition coefficient (Wildman–Crippen LogP) is -0.375. The number of likely N-dealkylation sites (tertiary alicyclic amines) is 1. The van der Waals surface area contributed by atoms with Gasteiger partial charge in [0, 0.05) is 12.1 Å². The van der Waals surface area contributed by atoms with Gasteiger partial charge in [-0.2, -0.15) is 0 Å². The zero-order chi connectivity index (χ0) is 21.0. The predicted molar refractivity (Wildman–Crippen MR) is 102 cm³/mol. The molecule has 158 valence electrons. The number of aliphatic carboxylic acids is 2. The highest BCUT2D eigenvalue weighted by Gasteiger charge is 2.46. The van der Waals surface area contributed by atoms with Crippen molar-refractivity contribution in [2.45, 2.75) is 76.0 Å². The normalized spacial score (nSPS) is 25.8. The fourth-order valence-corrected chi connectivity index (χ4v) is 4.81. The number of amides is 1. The van der Waals surface area contributed by atoms with E-state index in [-0.39, 0.29) is 24.3 Å². The first-order valence-electron chi connectivity index (χ1n) is 10.4. The summed E-state index contributed by atoms with van der Waals surface area (Å²) in [6.45, 7) is 1.59. The fraction of sp³-hybridized carbons (Fsp3) is 0.591. The van der Waals surface area contributed by atoms with Crippen molar-refractivity contribution < 1.29 is 24.6 Å². The molecule has 1 aliphatic heterocycles. The molecule has 3 rings (SSSR count). The van der Waals surface area contributed by atoms with Crippen LogP contribution < -0.4 is 15.5 Å². The van der Waals surface area contributed by atoms with E-state index in [9.17, 15) is 24.6 Å². The minimum absolute atomic E-state index is 0.103. The molecule has 7 heteroatoms. The van der Waals surface area contributed by atoms with E-state index in [4.69, 9.17) is 0 Å². The van der Waals surface area contributed by atoms with Crippen LogP contribution in [0.4, 0.5) is 0 Å². The van der Waals surface area contributed by atoms with Crippen molar-refractivity contribution in [3.63, 3.8) is 0 Å². The summed E-state index contributed by atoms with van der Waals surface area (Å²) in [5.41, 5.74) is 1.00. The molecule has 0 radical (unpaired) electrons. The van der Waals surface area contributed by atoms with Crippen molar-refractivity contribution in [2.24, 2.45) is 5.92 Å². The molecule has 0 unspecified atom stereocenters. The van der Waals surface area contributed by atoms with Crippen LogP contribution in [0.3, 0.4) is 0 Å². The molecular weight excluding hydrogens is 372 g/mol. The summed E-state index contributed by atoms with van der Waals surface area (Å²) in [5, 5.41) is 26.1. The van der Waals surface area contributed by atoms with E-state index in [0.29, 0.717) is 12.8 Å². The molecule has 1 saturated carbocycles. The summed E-state index contributed by atoms with van der Waals surface area (Å²) < 4.78 is 0. The smallest absolute Gasteiger partial charge is 0.240 e. The molecule has 7 nitrogen and oxygen atoms in total. The number of carbonyl (C=O) groups is 3. The molecule has 1 saturated heterocycles. The SMILES string of the molecule is C[C@H](N[C@@H](CCc1ccccc1)C(=O)[O-])C(=O)N1[C@H](C(=O)[O-])C[C@H]2CCCC[C@@H]21. The maximum Gasteiger partial charge on any atom is 0.240 e. The monoisotopic (exact) mass is 400 g/mol. The Morgan fingerprint density at radius 2 is 1.83 bits per heavy atom. The van der Waals surface area contributed by atoms with Gasteiger partial charge in [-0.1, -0.05) is 43.2 Å². The molecule has 2 fully saturated rings. The van der Waals surface area contributed by atoms with Gasteiger partial charge in [0.05, 0.1) is 24.0 Å². The molecule has 1 heterocycles. The Morgan fingerprint density at radius 3 is 2.48 bits per heavy atom. The number of carboxylic acid groups (broad SMARTS) is 2. The van der Waals surface area contributed by atoms with Crippen LogP contribution >= 0.6 is 0 Å². The molecular formula is C22H28N2O5-2. The zero-order valence-corrected chi connectivity index (χ0v) is 16.7. The van der Waals surface area contributed by atoms with E-state index in [2.05, 4.69) is 5.32 Å². The second-order valence-electron chi connectivity index (χ2n) is 8.21. The van der Waals surface area contributed by atoms with Crippen molar-refractivity contribution >= 4 is 17.8 Å². The summed E-state index contributed by atoms with van der Waals surface area (Å²) in [6.07, 6.45) is 4.94. The Balaban J connectivity index is 1.66. The summed E-state index contributed by atoms with van der Waals surface area (Å²) in [4.78, 5) is 37.8. The van der Waals surface area contributed by atoms with Gasteiger partial charge >= 0.3 is 0 Å². The highest BCUT2D eigenvalue weighted by atomic mass is 16.4. The largest absolute Gasteiger partial charge is 0.548 e. The molecule has 1 aromatic carbocycles. The minimum atomic E-state index is -1.27. The van der Waals surface area contributed by atoms with Gasteiger partial charge in [0.15, 0.2) is 0 Å². The molecule has 0 aromatic heterocycles. The van der Waals surface area contributed by atoms with Crippen molar-refractivity contribution in [3.05, 3.63) is 35.9 Å². The van der Waals surface area contributed by atoms with Crippen molar-refractivity contribution in [1.82, 2.24) is 10.2 Å². The molecule has 29 heavy (non-hydrogen) atoms. The van der Waals surface area contributed by atoms with Gasteiger partial charge in [0.1, 0.15) is 0 Å². The van der Waals surface area contributed by atoms with E-state index in [1.54, 1.807) is 6.92 Å². The highest BCUT2D eigenvalue weighted by molar-refractivity contribution is 5.87. The van der Waals surface area contributed by atoms with E-state index in [0.717, 1.165) is 31.2 Å². The van der Waals surface area contributed by atoms with E-state index < -0.39 is 30.1 Å². The van der Waals surface area contributed by atoms with Gasteiger partial charge in [-0.05, 0) is 50.5 Å². The number of benzene rings is 1. The Morgan fingerprint density at radius 1 is 1.14 bits per heavy atom. The first-order chi connectivity index (χ1) is 13.9. The van der Waals surface area contributed by atoms with Gasteiger partial charge in [0.25, 0.3) is 0 Å². The summed E-state index contributed by atoms with van der Waals surface area (Å²) in [7, 11) is 0. The maximum atomic E-state index is 13.1. The number of nitrogens with one attached hydrogen (secondary N) is 1. The first kappa shape index (κ1) is 21.3. The number of aryl methyl sites for hydroxylation is 1. The molecule has 1 aliphatic carbocycles. The van der Waals surface area contributed by atoms with Crippen molar-refractivity contribution in [2.75, 3.05) is 0 Å². The molecule has 1 N–H and O–H groups in total. The Kier molecular flexibility index (Phi) is 6.90. The van der Waals surface area contributed by atoms with Crippen LogP contribution in [0.25, 0.3) is 0 Å². The molecule has 0 bridgehead atoms. The van der Waals surface area contributed by atoms with Crippen LogP contribution in [-0.2, 0) is 20.8 Å². The quantitative estimate of drug-likeness (QED) is 0.637. The van der Waals surface area contributed by atoms with E-state index in [1.165, 1.54) is 4.90 Å². The van der Waals surface area contributed by atoms with Gasteiger partial charge in [-0.3, -0.25) is 10.1 Å². The molecule has 5 atom stereocenters. The maximum absolute atomic E-state index is 13.1.